The number of amides is 2. The first-order valence-electron chi connectivity index (χ1n) is 8.66. The Kier molecular flexibility index (Phi) is 3.72. The molecule has 2 N–H and O–H groups in total. The second kappa shape index (κ2) is 6.05. The molecule has 2 aliphatic heterocycles. The van der Waals surface area contributed by atoms with E-state index in [0.29, 0.717) is 11.5 Å². The van der Waals surface area contributed by atoms with E-state index in [4.69, 9.17) is 12.2 Å². The zero-order valence-corrected chi connectivity index (χ0v) is 16.4. The maximum absolute atomic E-state index is 13.1. The second-order valence-electron chi connectivity index (χ2n) is 6.62. The number of aryl methyl sites for hydroxylation is 1. The zero-order valence-electron chi connectivity index (χ0n) is 14.8. The third kappa shape index (κ3) is 2.17. The third-order valence-corrected chi connectivity index (χ3v) is 6.68. The van der Waals surface area contributed by atoms with Crippen LogP contribution in [0, 0.1) is 11.7 Å². The summed E-state index contributed by atoms with van der Waals surface area (Å²) in [5.74, 6) is 0.199. The van der Waals surface area contributed by atoms with Gasteiger partial charge in [-0.2, -0.15) is 5.10 Å². The van der Waals surface area contributed by atoms with Gasteiger partial charge in [0.25, 0.3) is 11.8 Å². The van der Waals surface area contributed by atoms with E-state index in [1.165, 1.54) is 16.8 Å². The van der Waals surface area contributed by atoms with Crippen LogP contribution < -0.4 is 10.3 Å². The maximum atomic E-state index is 13.1. The van der Waals surface area contributed by atoms with Crippen molar-refractivity contribution in [1.82, 2.24) is 14.9 Å². The average molecular weight is 409 g/mol. The number of nitrogens with zero attached hydrogens (tertiary/aromatic N) is 3. The smallest absolute Gasteiger partial charge is 0.267 e. The van der Waals surface area contributed by atoms with Gasteiger partial charge in [0.1, 0.15) is 0 Å². The van der Waals surface area contributed by atoms with E-state index in [0.717, 1.165) is 16.7 Å². The van der Waals surface area contributed by atoms with Crippen molar-refractivity contribution in [2.45, 2.75) is 11.8 Å². The molecule has 2 aliphatic rings. The van der Waals surface area contributed by atoms with Gasteiger partial charge in [-0.15, -0.1) is 11.8 Å². The Balaban J connectivity index is 1.78. The second-order valence-corrected chi connectivity index (χ2v) is 8.17. The molecular weight excluding hydrogens is 394 g/mol. The molecule has 7 nitrogen and oxygen atoms in total. The number of aromatic amines is 1. The van der Waals surface area contributed by atoms with Crippen molar-refractivity contribution in [2.24, 2.45) is 0 Å². The van der Waals surface area contributed by atoms with Gasteiger partial charge in [-0.05, 0) is 30.8 Å². The summed E-state index contributed by atoms with van der Waals surface area (Å²) in [7, 11) is 0. The molecule has 3 aromatic rings. The molecule has 140 valence electrons. The highest BCUT2D eigenvalue weighted by atomic mass is 32.2. The molecule has 2 aromatic carbocycles. The number of nitrogens with one attached hydrogen (secondary N) is 2. The van der Waals surface area contributed by atoms with Crippen LogP contribution in [0.4, 0.5) is 5.69 Å². The number of carbonyl (C=O) groups excluding carboxylic acids is 2. The summed E-state index contributed by atoms with van der Waals surface area (Å²) in [4.78, 5) is 24.9. The molecule has 1 saturated heterocycles. The highest BCUT2D eigenvalue weighted by molar-refractivity contribution is 8.02. The lowest BCUT2D eigenvalue weighted by Crippen LogP contribution is -2.53. The van der Waals surface area contributed by atoms with Crippen LogP contribution in [0.5, 0.6) is 0 Å². The highest BCUT2D eigenvalue weighted by Gasteiger charge is 2.59. The highest BCUT2D eigenvalue weighted by Crippen LogP contribution is 2.51. The van der Waals surface area contributed by atoms with Gasteiger partial charge in [-0.1, -0.05) is 42.5 Å². The monoisotopic (exact) mass is 409 g/mol. The Morgan fingerprint density at radius 1 is 1.14 bits per heavy atom. The van der Waals surface area contributed by atoms with Crippen LogP contribution in [-0.4, -0.2) is 32.4 Å². The van der Waals surface area contributed by atoms with Crippen LogP contribution >= 0.6 is 24.0 Å². The molecule has 3 heterocycles. The van der Waals surface area contributed by atoms with Crippen molar-refractivity contribution in [2.75, 3.05) is 16.1 Å². The number of thioether (sulfide) groups is 1. The van der Waals surface area contributed by atoms with E-state index in [9.17, 15) is 9.59 Å². The van der Waals surface area contributed by atoms with Gasteiger partial charge in [0.15, 0.2) is 5.82 Å². The van der Waals surface area contributed by atoms with Gasteiger partial charge in [-0.3, -0.25) is 9.59 Å². The minimum absolute atomic E-state index is 0.169. The standard InChI is InChI=1S/C19H15N5O2S2/c1-11-6-2-3-7-12(11)16-21-22-18(27)23(16)24-15(25)10-28-19(24)13-8-4-5-9-14(13)20-17(19)26/h2-9H,10H2,1H3,(H,20,26)(H,22,27). The summed E-state index contributed by atoms with van der Waals surface area (Å²) in [6.45, 7) is 1.96. The van der Waals surface area contributed by atoms with Crippen molar-refractivity contribution in [1.29, 1.82) is 0 Å². The summed E-state index contributed by atoms with van der Waals surface area (Å²) in [6, 6.07) is 15.1. The van der Waals surface area contributed by atoms with Gasteiger partial charge in [0.2, 0.25) is 9.64 Å². The Morgan fingerprint density at radius 2 is 1.89 bits per heavy atom. The number of hydrogen-bond acceptors (Lipinski definition) is 5. The molecule has 1 unspecified atom stereocenters. The molecule has 1 atom stereocenters. The average Bonchev–Trinajstić information content (AvgIpc) is 3.31. The Bertz CT molecular complexity index is 1200. The van der Waals surface area contributed by atoms with Gasteiger partial charge >= 0.3 is 0 Å². The molecule has 5 rings (SSSR count). The maximum Gasteiger partial charge on any atom is 0.267 e. The van der Waals surface area contributed by atoms with Gasteiger partial charge < -0.3 is 5.32 Å². The van der Waals surface area contributed by atoms with Crippen molar-refractivity contribution in [3.8, 4) is 11.4 Å². The van der Waals surface area contributed by atoms with E-state index in [-0.39, 0.29) is 22.3 Å². The first-order chi connectivity index (χ1) is 13.5. The molecule has 0 bridgehead atoms. The number of hydrogen-bond donors (Lipinski definition) is 2. The summed E-state index contributed by atoms with van der Waals surface area (Å²) in [6.07, 6.45) is 0. The predicted octanol–water partition coefficient (Wildman–Crippen LogP) is 2.93. The van der Waals surface area contributed by atoms with Crippen LogP contribution in [0.15, 0.2) is 48.5 Å². The molecule has 1 aromatic heterocycles. The van der Waals surface area contributed by atoms with Crippen LogP contribution in [0.3, 0.4) is 0 Å². The number of anilines is 1. The van der Waals surface area contributed by atoms with E-state index in [1.807, 2.05) is 55.5 Å². The molecule has 0 saturated carbocycles. The van der Waals surface area contributed by atoms with Gasteiger partial charge in [0, 0.05) is 16.8 Å². The normalized spacial score (nSPS) is 20.7. The minimum atomic E-state index is -1.22. The van der Waals surface area contributed by atoms with Crippen molar-refractivity contribution in [3.05, 3.63) is 64.4 Å². The van der Waals surface area contributed by atoms with E-state index < -0.39 is 4.87 Å². The van der Waals surface area contributed by atoms with Crippen LogP contribution in [0.2, 0.25) is 0 Å². The fourth-order valence-corrected chi connectivity index (χ4v) is 5.25. The number of rotatable bonds is 2. The zero-order chi connectivity index (χ0) is 19.5. The number of H-pyrrole nitrogens is 1. The van der Waals surface area contributed by atoms with E-state index >= 15 is 0 Å². The van der Waals surface area contributed by atoms with Gasteiger partial charge in [-0.25, -0.2) is 14.8 Å². The molecule has 0 aliphatic carbocycles. The molecule has 1 spiro atoms. The summed E-state index contributed by atoms with van der Waals surface area (Å²) >= 11 is 6.76. The van der Waals surface area contributed by atoms with Crippen LogP contribution in [-0.2, 0) is 14.5 Å². The molecule has 0 radical (unpaired) electrons. The van der Waals surface area contributed by atoms with Crippen molar-refractivity contribution in [3.63, 3.8) is 0 Å². The van der Waals surface area contributed by atoms with E-state index in [1.54, 1.807) is 4.68 Å². The molecular formula is C19H15N5O2S2. The topological polar surface area (TPSA) is 83.0 Å². The first kappa shape index (κ1) is 17.2. The van der Waals surface area contributed by atoms with Crippen LogP contribution in [0.25, 0.3) is 11.4 Å². The fraction of sp³-hybridized carbons (Fsp3) is 0.158. The SMILES string of the molecule is Cc1ccccc1-c1n[nH]c(=S)n1N1C(=O)CSC12C(=O)Nc1ccccc12. The largest absolute Gasteiger partial charge is 0.322 e. The molecule has 28 heavy (non-hydrogen) atoms. The van der Waals surface area contributed by atoms with E-state index in [2.05, 4.69) is 15.5 Å². The predicted molar refractivity (Wildman–Crippen MR) is 110 cm³/mol. The number of fused-ring (bicyclic) bond motifs is 2. The summed E-state index contributed by atoms with van der Waals surface area (Å²) in [5, 5.41) is 11.5. The number of benzene rings is 2. The Morgan fingerprint density at radius 3 is 2.71 bits per heavy atom. The number of aromatic nitrogens is 3. The lowest BCUT2D eigenvalue weighted by atomic mass is 10.1. The molecule has 1 fully saturated rings. The summed E-state index contributed by atoms with van der Waals surface area (Å²) in [5.41, 5.74) is 3.27. The van der Waals surface area contributed by atoms with Gasteiger partial charge in [0.05, 0.1) is 5.75 Å². The quantitative estimate of drug-likeness (QED) is 0.636. The van der Waals surface area contributed by atoms with Crippen molar-refractivity contribution < 1.29 is 9.59 Å². The minimum Gasteiger partial charge on any atom is -0.322 e. The molecule has 9 heteroatoms. The summed E-state index contributed by atoms with van der Waals surface area (Å²) < 4.78 is 1.81. The Labute approximate surface area is 169 Å². The lowest BCUT2D eigenvalue weighted by molar-refractivity contribution is -0.123. The van der Waals surface area contributed by atoms with Crippen molar-refractivity contribution >= 4 is 41.5 Å². The fourth-order valence-electron chi connectivity index (χ4n) is 3.76. The Hall–Kier alpha value is -2.91. The first-order valence-corrected chi connectivity index (χ1v) is 10.0. The number of carbonyl (C=O) groups is 2. The lowest BCUT2D eigenvalue weighted by Gasteiger charge is -2.33. The van der Waals surface area contributed by atoms with Crippen LogP contribution in [0.1, 0.15) is 11.1 Å². The number of para-hydroxylation sites is 1. The third-order valence-electron chi connectivity index (χ3n) is 5.02. The molecule has 2 amide bonds.